The van der Waals surface area contributed by atoms with Gasteiger partial charge in [0.2, 0.25) is 0 Å². The monoisotopic (exact) mass is 335 g/mol. The van der Waals surface area contributed by atoms with Crippen LogP contribution in [0.25, 0.3) is 0 Å². The Balaban J connectivity index is 1.87. The second-order valence-corrected chi connectivity index (χ2v) is 7.09. The molecule has 1 heterocycles. The van der Waals surface area contributed by atoms with Gasteiger partial charge in [-0.05, 0) is 66.6 Å². The number of rotatable bonds is 1. The third kappa shape index (κ3) is 2.65. The molecule has 2 nitrogen and oxygen atoms in total. The first kappa shape index (κ1) is 14.1. The summed E-state index contributed by atoms with van der Waals surface area (Å²) in [5, 5.41) is 0. The molecule has 2 fully saturated rings. The zero-order chi connectivity index (χ0) is 14.1. The number of likely N-dealkylation sites (tertiary alicyclic amines) is 1. The van der Waals surface area contributed by atoms with E-state index in [4.69, 9.17) is 0 Å². The van der Waals surface area contributed by atoms with Crippen LogP contribution in [-0.2, 0) is 0 Å². The SMILES string of the molecule is Cc1ccc(Br)c(C(=O)N2CCCC3CCCCC32)c1. The summed E-state index contributed by atoms with van der Waals surface area (Å²) in [6, 6.07) is 6.53. The van der Waals surface area contributed by atoms with E-state index in [-0.39, 0.29) is 5.91 Å². The second-order valence-electron chi connectivity index (χ2n) is 6.24. The lowest BCUT2D eigenvalue weighted by Gasteiger charge is -2.44. The Kier molecular flexibility index (Phi) is 4.16. The Bertz CT molecular complexity index is 512. The van der Waals surface area contributed by atoms with Crippen molar-refractivity contribution >= 4 is 21.8 Å². The van der Waals surface area contributed by atoms with Gasteiger partial charge in [0, 0.05) is 17.1 Å². The van der Waals surface area contributed by atoms with Gasteiger partial charge in [0.25, 0.3) is 5.91 Å². The lowest BCUT2D eigenvalue weighted by atomic mass is 9.78. The van der Waals surface area contributed by atoms with E-state index < -0.39 is 0 Å². The molecule has 1 aliphatic carbocycles. The highest BCUT2D eigenvalue weighted by atomic mass is 79.9. The summed E-state index contributed by atoms with van der Waals surface area (Å²) < 4.78 is 0.922. The van der Waals surface area contributed by atoms with Crippen LogP contribution in [0.15, 0.2) is 22.7 Å². The van der Waals surface area contributed by atoms with Crippen LogP contribution in [0.5, 0.6) is 0 Å². The van der Waals surface area contributed by atoms with Crippen molar-refractivity contribution in [3.05, 3.63) is 33.8 Å². The molecule has 1 aromatic rings. The van der Waals surface area contributed by atoms with Gasteiger partial charge in [-0.2, -0.15) is 0 Å². The van der Waals surface area contributed by atoms with Crippen LogP contribution in [-0.4, -0.2) is 23.4 Å². The number of hydrogen-bond acceptors (Lipinski definition) is 1. The number of aryl methyl sites for hydroxylation is 1. The Labute approximate surface area is 129 Å². The van der Waals surface area contributed by atoms with Crippen molar-refractivity contribution in [1.29, 1.82) is 0 Å². The minimum atomic E-state index is 0.220. The third-order valence-electron chi connectivity index (χ3n) is 4.86. The van der Waals surface area contributed by atoms with Gasteiger partial charge in [0.05, 0.1) is 5.56 Å². The van der Waals surface area contributed by atoms with E-state index in [1.165, 1.54) is 32.1 Å². The first-order valence-corrected chi connectivity index (χ1v) is 8.53. The first-order valence-electron chi connectivity index (χ1n) is 7.74. The molecule has 1 saturated heterocycles. The number of carbonyl (C=O) groups excluding carboxylic acids is 1. The Morgan fingerprint density at radius 3 is 2.80 bits per heavy atom. The zero-order valence-corrected chi connectivity index (χ0v) is 13.7. The fourth-order valence-corrected chi connectivity index (χ4v) is 4.25. The van der Waals surface area contributed by atoms with Crippen molar-refractivity contribution in [3.63, 3.8) is 0 Å². The van der Waals surface area contributed by atoms with Gasteiger partial charge >= 0.3 is 0 Å². The van der Waals surface area contributed by atoms with Crippen LogP contribution < -0.4 is 0 Å². The van der Waals surface area contributed by atoms with E-state index >= 15 is 0 Å². The minimum absolute atomic E-state index is 0.220. The highest BCUT2D eigenvalue weighted by Crippen LogP contribution is 2.36. The number of hydrogen-bond donors (Lipinski definition) is 0. The van der Waals surface area contributed by atoms with E-state index in [1.807, 2.05) is 25.1 Å². The number of piperidine rings is 1. The molecular formula is C17H22BrNO. The van der Waals surface area contributed by atoms with Crippen molar-refractivity contribution in [2.45, 2.75) is 51.5 Å². The highest BCUT2D eigenvalue weighted by Gasteiger charge is 2.36. The largest absolute Gasteiger partial charge is 0.335 e. The fraction of sp³-hybridized carbons (Fsp3) is 0.588. The quantitative estimate of drug-likeness (QED) is 0.737. The Morgan fingerprint density at radius 2 is 1.95 bits per heavy atom. The van der Waals surface area contributed by atoms with Crippen molar-refractivity contribution < 1.29 is 4.79 Å². The van der Waals surface area contributed by atoms with Gasteiger partial charge in [-0.3, -0.25) is 4.79 Å². The molecule has 2 unspecified atom stereocenters. The summed E-state index contributed by atoms with van der Waals surface area (Å²) >= 11 is 3.54. The number of carbonyl (C=O) groups is 1. The predicted octanol–water partition coefficient (Wildman–Crippen LogP) is 4.55. The predicted molar refractivity (Wildman–Crippen MR) is 84.9 cm³/mol. The molecule has 1 aliphatic heterocycles. The van der Waals surface area contributed by atoms with E-state index in [0.29, 0.717) is 6.04 Å². The molecule has 1 saturated carbocycles. The minimum Gasteiger partial charge on any atom is -0.335 e. The second kappa shape index (κ2) is 5.88. The average molecular weight is 336 g/mol. The maximum Gasteiger partial charge on any atom is 0.255 e. The molecule has 1 aromatic carbocycles. The number of benzene rings is 1. The lowest BCUT2D eigenvalue weighted by molar-refractivity contribution is 0.0390. The normalized spacial score (nSPS) is 26.2. The van der Waals surface area contributed by atoms with Gasteiger partial charge in [0.1, 0.15) is 0 Å². The smallest absolute Gasteiger partial charge is 0.255 e. The standard InChI is InChI=1S/C17H22BrNO/c1-12-8-9-15(18)14(11-12)17(20)19-10-4-6-13-5-2-3-7-16(13)19/h8-9,11,13,16H,2-7,10H2,1H3. The molecular weight excluding hydrogens is 314 g/mol. The van der Waals surface area contributed by atoms with Crippen LogP contribution >= 0.6 is 15.9 Å². The summed E-state index contributed by atoms with van der Waals surface area (Å²) in [5.41, 5.74) is 1.98. The number of fused-ring (bicyclic) bond motifs is 1. The molecule has 3 heteroatoms. The third-order valence-corrected chi connectivity index (χ3v) is 5.55. The molecule has 3 rings (SSSR count). The summed E-state index contributed by atoms with van der Waals surface area (Å²) in [4.78, 5) is 15.1. The lowest BCUT2D eigenvalue weighted by Crippen LogP contribution is -2.49. The molecule has 1 amide bonds. The molecule has 0 bridgehead atoms. The van der Waals surface area contributed by atoms with Crippen LogP contribution in [0.4, 0.5) is 0 Å². The van der Waals surface area contributed by atoms with Crippen molar-refractivity contribution in [1.82, 2.24) is 4.90 Å². The highest BCUT2D eigenvalue weighted by molar-refractivity contribution is 9.10. The van der Waals surface area contributed by atoms with E-state index in [9.17, 15) is 4.79 Å². The van der Waals surface area contributed by atoms with Gasteiger partial charge in [-0.25, -0.2) is 0 Å². The number of nitrogens with zero attached hydrogens (tertiary/aromatic N) is 1. The molecule has 0 N–H and O–H groups in total. The van der Waals surface area contributed by atoms with E-state index in [0.717, 1.165) is 34.5 Å². The van der Waals surface area contributed by atoms with Crippen LogP contribution in [0, 0.1) is 12.8 Å². The van der Waals surface area contributed by atoms with Crippen molar-refractivity contribution in [3.8, 4) is 0 Å². The molecule has 0 aromatic heterocycles. The maximum absolute atomic E-state index is 12.9. The molecule has 2 aliphatic rings. The Hall–Kier alpha value is -0.830. The van der Waals surface area contributed by atoms with Gasteiger partial charge < -0.3 is 4.90 Å². The van der Waals surface area contributed by atoms with Gasteiger partial charge in [-0.15, -0.1) is 0 Å². The van der Waals surface area contributed by atoms with E-state index in [2.05, 4.69) is 20.8 Å². The summed E-state index contributed by atoms with van der Waals surface area (Å²) in [6.07, 6.45) is 7.60. The van der Waals surface area contributed by atoms with Gasteiger partial charge in [0.15, 0.2) is 0 Å². The fourth-order valence-electron chi connectivity index (χ4n) is 3.83. The molecule has 0 radical (unpaired) electrons. The number of amides is 1. The van der Waals surface area contributed by atoms with Crippen molar-refractivity contribution in [2.24, 2.45) is 5.92 Å². The summed E-state index contributed by atoms with van der Waals surface area (Å²) in [6.45, 7) is 2.98. The number of halogens is 1. The van der Waals surface area contributed by atoms with Crippen LogP contribution in [0.1, 0.15) is 54.4 Å². The molecule has 108 valence electrons. The van der Waals surface area contributed by atoms with Gasteiger partial charge in [-0.1, -0.05) is 24.5 Å². The topological polar surface area (TPSA) is 20.3 Å². The molecule has 2 atom stereocenters. The van der Waals surface area contributed by atoms with Crippen LogP contribution in [0.2, 0.25) is 0 Å². The van der Waals surface area contributed by atoms with Crippen LogP contribution in [0.3, 0.4) is 0 Å². The van der Waals surface area contributed by atoms with E-state index in [1.54, 1.807) is 0 Å². The summed E-state index contributed by atoms with van der Waals surface area (Å²) in [7, 11) is 0. The first-order chi connectivity index (χ1) is 9.66. The van der Waals surface area contributed by atoms with Crippen molar-refractivity contribution in [2.75, 3.05) is 6.54 Å². The Morgan fingerprint density at radius 1 is 1.20 bits per heavy atom. The summed E-state index contributed by atoms with van der Waals surface area (Å²) in [5.74, 6) is 0.960. The molecule has 20 heavy (non-hydrogen) atoms. The maximum atomic E-state index is 12.9. The average Bonchev–Trinajstić information content (AvgIpc) is 2.48. The molecule has 0 spiro atoms. The zero-order valence-electron chi connectivity index (χ0n) is 12.1.